The Morgan fingerprint density at radius 1 is 1.33 bits per heavy atom. The standard InChI is InChI=1S/C12H15ClN2/c1-9(14)11-8-10(13)4-5-12(11)15-6-2-3-7-15/h4-5,8,14H,2-3,6-7H2,1H3. The van der Waals surface area contributed by atoms with Crippen molar-refractivity contribution in [3.05, 3.63) is 28.8 Å². The van der Waals surface area contributed by atoms with Gasteiger partial charge in [-0.3, -0.25) is 0 Å². The summed E-state index contributed by atoms with van der Waals surface area (Å²) in [5.41, 5.74) is 2.70. The Balaban J connectivity index is 2.40. The summed E-state index contributed by atoms with van der Waals surface area (Å²) < 4.78 is 0. The van der Waals surface area contributed by atoms with E-state index in [2.05, 4.69) is 4.90 Å². The lowest BCUT2D eigenvalue weighted by Crippen LogP contribution is -2.20. The maximum atomic E-state index is 7.75. The molecule has 1 heterocycles. The number of anilines is 1. The molecule has 15 heavy (non-hydrogen) atoms. The van der Waals surface area contributed by atoms with Gasteiger partial charge in [0, 0.05) is 35.1 Å². The molecule has 0 spiro atoms. The quantitative estimate of drug-likeness (QED) is 0.764. The van der Waals surface area contributed by atoms with Gasteiger partial charge < -0.3 is 10.3 Å². The van der Waals surface area contributed by atoms with Crippen LogP contribution in [0, 0.1) is 5.41 Å². The molecule has 0 bridgehead atoms. The first kappa shape index (κ1) is 10.5. The van der Waals surface area contributed by atoms with Crippen molar-refractivity contribution < 1.29 is 0 Å². The molecule has 1 aromatic rings. The van der Waals surface area contributed by atoms with Crippen LogP contribution in [0.4, 0.5) is 5.69 Å². The zero-order valence-electron chi connectivity index (χ0n) is 8.89. The van der Waals surface area contributed by atoms with E-state index >= 15 is 0 Å². The number of halogens is 1. The van der Waals surface area contributed by atoms with Crippen molar-refractivity contribution in [1.29, 1.82) is 5.41 Å². The lowest BCUT2D eigenvalue weighted by atomic mass is 10.1. The molecule has 1 fully saturated rings. The number of nitrogens with one attached hydrogen (secondary N) is 1. The molecule has 0 atom stereocenters. The first-order valence-corrected chi connectivity index (χ1v) is 5.66. The van der Waals surface area contributed by atoms with Crippen LogP contribution in [0.1, 0.15) is 25.3 Å². The van der Waals surface area contributed by atoms with Crippen LogP contribution in [-0.2, 0) is 0 Å². The highest BCUT2D eigenvalue weighted by Crippen LogP contribution is 2.27. The molecule has 80 valence electrons. The average molecular weight is 223 g/mol. The number of hydrogen-bond acceptors (Lipinski definition) is 2. The molecular formula is C12H15ClN2. The van der Waals surface area contributed by atoms with Gasteiger partial charge in [-0.2, -0.15) is 0 Å². The minimum Gasteiger partial charge on any atom is -0.371 e. The van der Waals surface area contributed by atoms with Gasteiger partial charge in [0.05, 0.1) is 0 Å². The maximum Gasteiger partial charge on any atom is 0.0458 e. The molecule has 2 nitrogen and oxygen atoms in total. The van der Waals surface area contributed by atoms with Crippen LogP contribution in [-0.4, -0.2) is 18.8 Å². The first-order chi connectivity index (χ1) is 7.18. The van der Waals surface area contributed by atoms with Gasteiger partial charge in [-0.05, 0) is 38.0 Å². The molecule has 1 saturated heterocycles. The van der Waals surface area contributed by atoms with Crippen LogP contribution in [0.2, 0.25) is 5.02 Å². The van der Waals surface area contributed by atoms with Gasteiger partial charge >= 0.3 is 0 Å². The SMILES string of the molecule is CC(=N)c1cc(Cl)ccc1N1CCCC1. The largest absolute Gasteiger partial charge is 0.371 e. The van der Waals surface area contributed by atoms with Gasteiger partial charge in [-0.15, -0.1) is 0 Å². The fourth-order valence-corrected chi connectivity index (χ4v) is 2.21. The highest BCUT2D eigenvalue weighted by atomic mass is 35.5. The Bertz CT molecular complexity index is 381. The van der Waals surface area contributed by atoms with Gasteiger partial charge in [0.1, 0.15) is 0 Å². The fourth-order valence-electron chi connectivity index (χ4n) is 2.04. The smallest absolute Gasteiger partial charge is 0.0458 e. The van der Waals surface area contributed by atoms with E-state index in [4.69, 9.17) is 17.0 Å². The van der Waals surface area contributed by atoms with E-state index in [1.165, 1.54) is 12.8 Å². The van der Waals surface area contributed by atoms with E-state index in [0.717, 1.165) is 24.3 Å². The monoisotopic (exact) mass is 222 g/mol. The van der Waals surface area contributed by atoms with E-state index in [0.29, 0.717) is 10.7 Å². The Labute approximate surface area is 95.4 Å². The van der Waals surface area contributed by atoms with E-state index in [9.17, 15) is 0 Å². The molecule has 2 rings (SSSR count). The fraction of sp³-hybridized carbons (Fsp3) is 0.417. The summed E-state index contributed by atoms with van der Waals surface area (Å²) in [5.74, 6) is 0. The van der Waals surface area contributed by atoms with Crippen LogP contribution in [0.25, 0.3) is 0 Å². The zero-order chi connectivity index (χ0) is 10.8. The Morgan fingerprint density at radius 3 is 2.60 bits per heavy atom. The van der Waals surface area contributed by atoms with Crippen molar-refractivity contribution in [1.82, 2.24) is 0 Å². The molecule has 1 N–H and O–H groups in total. The first-order valence-electron chi connectivity index (χ1n) is 5.28. The van der Waals surface area contributed by atoms with Crippen molar-refractivity contribution in [3.63, 3.8) is 0 Å². The van der Waals surface area contributed by atoms with E-state index in [1.807, 2.05) is 25.1 Å². The molecule has 0 aromatic heterocycles. The summed E-state index contributed by atoms with van der Waals surface area (Å²) in [6.45, 7) is 4.01. The van der Waals surface area contributed by atoms with E-state index in [1.54, 1.807) is 0 Å². The summed E-state index contributed by atoms with van der Waals surface area (Å²) in [6.07, 6.45) is 2.50. The Hall–Kier alpha value is -1.02. The van der Waals surface area contributed by atoms with Crippen molar-refractivity contribution in [3.8, 4) is 0 Å². The molecule has 1 aromatic carbocycles. The number of benzene rings is 1. The molecular weight excluding hydrogens is 208 g/mol. The van der Waals surface area contributed by atoms with E-state index < -0.39 is 0 Å². The highest BCUT2D eigenvalue weighted by molar-refractivity contribution is 6.31. The van der Waals surface area contributed by atoms with Crippen LogP contribution < -0.4 is 4.90 Å². The maximum absolute atomic E-state index is 7.75. The molecule has 0 aliphatic carbocycles. The number of rotatable bonds is 2. The molecule has 1 aliphatic rings. The summed E-state index contributed by atoms with van der Waals surface area (Å²) >= 11 is 5.95. The Morgan fingerprint density at radius 2 is 2.00 bits per heavy atom. The minimum atomic E-state index is 0.583. The van der Waals surface area contributed by atoms with Gasteiger partial charge in [0.25, 0.3) is 0 Å². The normalized spacial score (nSPS) is 15.7. The van der Waals surface area contributed by atoms with Crippen LogP contribution in [0.5, 0.6) is 0 Å². The summed E-state index contributed by atoms with van der Waals surface area (Å²) in [4.78, 5) is 2.34. The number of nitrogens with zero attached hydrogens (tertiary/aromatic N) is 1. The second kappa shape index (κ2) is 4.23. The molecule has 0 unspecified atom stereocenters. The topological polar surface area (TPSA) is 27.1 Å². The third-order valence-corrected chi connectivity index (χ3v) is 3.04. The average Bonchev–Trinajstić information content (AvgIpc) is 2.70. The predicted octanol–water partition coefficient (Wildman–Crippen LogP) is 3.33. The molecule has 0 amide bonds. The number of hydrogen-bond donors (Lipinski definition) is 1. The summed E-state index contributed by atoms with van der Waals surface area (Å²) in [5, 5.41) is 8.46. The van der Waals surface area contributed by atoms with E-state index in [-0.39, 0.29) is 0 Å². The zero-order valence-corrected chi connectivity index (χ0v) is 9.64. The lowest BCUT2D eigenvalue weighted by molar-refractivity contribution is 0.949. The molecule has 3 heteroatoms. The lowest BCUT2D eigenvalue weighted by Gasteiger charge is -2.21. The summed E-state index contributed by atoms with van der Waals surface area (Å²) in [7, 11) is 0. The highest BCUT2D eigenvalue weighted by Gasteiger charge is 2.16. The van der Waals surface area contributed by atoms with Crippen molar-refractivity contribution in [2.45, 2.75) is 19.8 Å². The third-order valence-electron chi connectivity index (χ3n) is 2.81. The van der Waals surface area contributed by atoms with Crippen molar-refractivity contribution in [2.24, 2.45) is 0 Å². The van der Waals surface area contributed by atoms with Gasteiger partial charge in [0.2, 0.25) is 0 Å². The minimum absolute atomic E-state index is 0.583. The molecule has 1 aliphatic heterocycles. The van der Waals surface area contributed by atoms with Crippen molar-refractivity contribution in [2.75, 3.05) is 18.0 Å². The third kappa shape index (κ3) is 2.15. The van der Waals surface area contributed by atoms with Crippen LogP contribution >= 0.6 is 11.6 Å². The van der Waals surface area contributed by atoms with Crippen LogP contribution in [0.3, 0.4) is 0 Å². The second-order valence-electron chi connectivity index (χ2n) is 3.98. The van der Waals surface area contributed by atoms with Crippen LogP contribution in [0.15, 0.2) is 18.2 Å². The molecule has 0 saturated carbocycles. The van der Waals surface area contributed by atoms with Gasteiger partial charge in [-0.25, -0.2) is 0 Å². The second-order valence-corrected chi connectivity index (χ2v) is 4.42. The summed E-state index contributed by atoms with van der Waals surface area (Å²) in [6, 6.07) is 5.82. The van der Waals surface area contributed by atoms with Gasteiger partial charge in [0.15, 0.2) is 0 Å². The van der Waals surface area contributed by atoms with Gasteiger partial charge in [-0.1, -0.05) is 11.6 Å². The molecule has 0 radical (unpaired) electrons. The Kier molecular flexibility index (Phi) is 2.96. The predicted molar refractivity (Wildman–Crippen MR) is 65.4 cm³/mol. The van der Waals surface area contributed by atoms with Crippen molar-refractivity contribution >= 4 is 23.0 Å².